The Bertz CT molecular complexity index is 899. The van der Waals surface area contributed by atoms with E-state index in [4.69, 9.17) is 9.47 Å². The van der Waals surface area contributed by atoms with E-state index in [2.05, 4.69) is 20.6 Å². The minimum absolute atomic E-state index is 0.254. The van der Waals surface area contributed by atoms with Gasteiger partial charge in [0.05, 0.1) is 19.8 Å². The standard InChI is InChI=1S/C20H20N4O3/c1-26-17-9-8-14(10-18(17)27-2)11-21-19(25)15-12-22-20(23-13-15)24-16-6-4-3-5-7-16/h3-10,12-13H,11H2,1-2H3,(H,21,25)(H,22,23,24). The number of nitrogens with one attached hydrogen (secondary N) is 2. The second-order valence-electron chi connectivity index (χ2n) is 5.66. The van der Waals surface area contributed by atoms with E-state index < -0.39 is 0 Å². The quantitative estimate of drug-likeness (QED) is 0.670. The minimum atomic E-state index is -0.254. The predicted molar refractivity (Wildman–Crippen MR) is 102 cm³/mol. The van der Waals surface area contributed by atoms with Crippen molar-refractivity contribution in [2.75, 3.05) is 19.5 Å². The number of carbonyl (C=O) groups excluding carboxylic acids is 1. The van der Waals surface area contributed by atoms with E-state index in [0.29, 0.717) is 29.6 Å². The number of anilines is 2. The number of para-hydroxylation sites is 1. The molecule has 0 unspecified atom stereocenters. The smallest absolute Gasteiger partial charge is 0.254 e. The fraction of sp³-hybridized carbons (Fsp3) is 0.150. The van der Waals surface area contributed by atoms with Crippen molar-refractivity contribution in [3.05, 3.63) is 72.1 Å². The lowest BCUT2D eigenvalue weighted by molar-refractivity contribution is 0.0950. The van der Waals surface area contributed by atoms with Gasteiger partial charge in [-0.2, -0.15) is 0 Å². The summed E-state index contributed by atoms with van der Waals surface area (Å²) in [5.41, 5.74) is 2.15. The highest BCUT2D eigenvalue weighted by Crippen LogP contribution is 2.27. The van der Waals surface area contributed by atoms with Gasteiger partial charge in [0.25, 0.3) is 5.91 Å². The number of carbonyl (C=O) groups is 1. The molecule has 7 nitrogen and oxygen atoms in total. The molecular weight excluding hydrogens is 344 g/mol. The first-order chi connectivity index (χ1) is 13.2. The predicted octanol–water partition coefficient (Wildman–Crippen LogP) is 3.17. The fourth-order valence-electron chi connectivity index (χ4n) is 2.44. The summed E-state index contributed by atoms with van der Waals surface area (Å²) in [4.78, 5) is 20.7. The molecular formula is C20H20N4O3. The highest BCUT2D eigenvalue weighted by Gasteiger charge is 2.09. The van der Waals surface area contributed by atoms with E-state index in [1.54, 1.807) is 20.3 Å². The van der Waals surface area contributed by atoms with Gasteiger partial charge in [0.2, 0.25) is 5.95 Å². The number of benzene rings is 2. The normalized spacial score (nSPS) is 10.1. The van der Waals surface area contributed by atoms with Crippen LogP contribution in [-0.4, -0.2) is 30.1 Å². The summed E-state index contributed by atoms with van der Waals surface area (Å²) in [5, 5.41) is 5.91. The third-order valence-electron chi connectivity index (χ3n) is 3.84. The zero-order valence-electron chi connectivity index (χ0n) is 15.1. The molecule has 1 amide bonds. The van der Waals surface area contributed by atoms with Crippen LogP contribution in [0.15, 0.2) is 60.9 Å². The maximum atomic E-state index is 12.3. The molecule has 1 heterocycles. The highest BCUT2D eigenvalue weighted by molar-refractivity contribution is 5.93. The van der Waals surface area contributed by atoms with Crippen molar-refractivity contribution in [1.29, 1.82) is 0 Å². The van der Waals surface area contributed by atoms with Crippen molar-refractivity contribution in [3.63, 3.8) is 0 Å². The molecule has 0 atom stereocenters. The van der Waals surface area contributed by atoms with Gasteiger partial charge in [-0.25, -0.2) is 9.97 Å². The van der Waals surface area contributed by atoms with Gasteiger partial charge < -0.3 is 20.1 Å². The van der Waals surface area contributed by atoms with Crippen molar-refractivity contribution >= 4 is 17.5 Å². The van der Waals surface area contributed by atoms with E-state index >= 15 is 0 Å². The summed E-state index contributed by atoms with van der Waals surface area (Å²) in [7, 11) is 3.15. The van der Waals surface area contributed by atoms with Crippen LogP contribution in [0, 0.1) is 0 Å². The van der Waals surface area contributed by atoms with Gasteiger partial charge in [0, 0.05) is 24.6 Å². The summed E-state index contributed by atoms with van der Waals surface area (Å²) in [5.74, 6) is 1.43. The number of nitrogens with zero attached hydrogens (tertiary/aromatic N) is 2. The molecule has 0 saturated carbocycles. The van der Waals surface area contributed by atoms with Gasteiger partial charge in [0.15, 0.2) is 11.5 Å². The van der Waals surface area contributed by atoms with Crippen molar-refractivity contribution in [3.8, 4) is 11.5 Å². The summed E-state index contributed by atoms with van der Waals surface area (Å²) < 4.78 is 10.5. The maximum absolute atomic E-state index is 12.3. The van der Waals surface area contributed by atoms with Gasteiger partial charge in [-0.1, -0.05) is 24.3 Å². The summed E-state index contributed by atoms with van der Waals surface area (Å²) in [6.45, 7) is 0.350. The summed E-state index contributed by atoms with van der Waals surface area (Å²) >= 11 is 0. The van der Waals surface area contributed by atoms with Crippen LogP contribution in [-0.2, 0) is 6.54 Å². The number of hydrogen-bond donors (Lipinski definition) is 2. The van der Waals surface area contributed by atoms with Gasteiger partial charge in [0.1, 0.15) is 0 Å². The van der Waals surface area contributed by atoms with E-state index in [-0.39, 0.29) is 5.91 Å². The topological polar surface area (TPSA) is 85.4 Å². The van der Waals surface area contributed by atoms with E-state index in [0.717, 1.165) is 11.3 Å². The number of amides is 1. The van der Waals surface area contributed by atoms with Crippen LogP contribution in [0.1, 0.15) is 15.9 Å². The molecule has 7 heteroatoms. The molecule has 0 aliphatic carbocycles. The molecule has 27 heavy (non-hydrogen) atoms. The molecule has 0 bridgehead atoms. The molecule has 0 radical (unpaired) electrons. The first-order valence-electron chi connectivity index (χ1n) is 8.33. The van der Waals surface area contributed by atoms with Gasteiger partial charge in [-0.05, 0) is 29.8 Å². The third kappa shape index (κ3) is 4.72. The second-order valence-corrected chi connectivity index (χ2v) is 5.66. The van der Waals surface area contributed by atoms with Crippen LogP contribution < -0.4 is 20.1 Å². The Morgan fingerprint density at radius 3 is 2.33 bits per heavy atom. The average Bonchev–Trinajstić information content (AvgIpc) is 2.73. The Kier molecular flexibility index (Phi) is 5.84. The lowest BCUT2D eigenvalue weighted by atomic mass is 10.2. The van der Waals surface area contributed by atoms with Crippen molar-refractivity contribution in [2.24, 2.45) is 0 Å². The average molecular weight is 364 g/mol. The SMILES string of the molecule is COc1ccc(CNC(=O)c2cnc(Nc3ccccc3)nc2)cc1OC. The molecule has 0 spiro atoms. The summed E-state index contributed by atoms with van der Waals surface area (Å²) in [6, 6.07) is 15.1. The molecule has 2 aromatic carbocycles. The number of aromatic nitrogens is 2. The van der Waals surface area contributed by atoms with Gasteiger partial charge >= 0.3 is 0 Å². The lowest BCUT2D eigenvalue weighted by Crippen LogP contribution is -2.23. The monoisotopic (exact) mass is 364 g/mol. The third-order valence-corrected chi connectivity index (χ3v) is 3.84. The molecule has 138 valence electrons. The Labute approximate surface area is 157 Å². The zero-order valence-corrected chi connectivity index (χ0v) is 15.1. The molecule has 3 rings (SSSR count). The number of ether oxygens (including phenoxy) is 2. The maximum Gasteiger partial charge on any atom is 0.254 e. The Hall–Kier alpha value is -3.61. The van der Waals surface area contributed by atoms with Crippen molar-refractivity contribution in [1.82, 2.24) is 15.3 Å². The Morgan fingerprint density at radius 1 is 0.963 bits per heavy atom. The van der Waals surface area contributed by atoms with Gasteiger partial charge in [-0.3, -0.25) is 4.79 Å². The van der Waals surface area contributed by atoms with E-state index in [9.17, 15) is 4.79 Å². The van der Waals surface area contributed by atoms with E-state index in [1.807, 2.05) is 42.5 Å². The molecule has 0 aliphatic rings. The molecule has 2 N–H and O–H groups in total. The Balaban J connectivity index is 1.59. The second kappa shape index (κ2) is 8.66. The first-order valence-corrected chi connectivity index (χ1v) is 8.33. The molecule has 1 aromatic heterocycles. The molecule has 3 aromatic rings. The fourth-order valence-corrected chi connectivity index (χ4v) is 2.44. The molecule has 0 fully saturated rings. The number of rotatable bonds is 7. The van der Waals surface area contributed by atoms with Crippen LogP contribution in [0.2, 0.25) is 0 Å². The Morgan fingerprint density at radius 2 is 1.67 bits per heavy atom. The van der Waals surface area contributed by atoms with Crippen molar-refractivity contribution < 1.29 is 14.3 Å². The van der Waals surface area contributed by atoms with Crippen LogP contribution in [0.3, 0.4) is 0 Å². The lowest BCUT2D eigenvalue weighted by Gasteiger charge is -2.10. The zero-order chi connectivity index (χ0) is 19.1. The largest absolute Gasteiger partial charge is 0.493 e. The molecule has 0 aliphatic heterocycles. The van der Waals surface area contributed by atoms with E-state index in [1.165, 1.54) is 12.4 Å². The van der Waals surface area contributed by atoms with Crippen LogP contribution in [0.25, 0.3) is 0 Å². The van der Waals surface area contributed by atoms with Crippen LogP contribution in [0.5, 0.6) is 11.5 Å². The number of hydrogen-bond acceptors (Lipinski definition) is 6. The van der Waals surface area contributed by atoms with Gasteiger partial charge in [-0.15, -0.1) is 0 Å². The number of methoxy groups -OCH3 is 2. The van der Waals surface area contributed by atoms with Crippen LogP contribution >= 0.6 is 0 Å². The summed E-state index contributed by atoms with van der Waals surface area (Å²) in [6.07, 6.45) is 2.98. The van der Waals surface area contributed by atoms with Crippen molar-refractivity contribution in [2.45, 2.75) is 6.54 Å². The molecule has 0 saturated heterocycles. The first kappa shape index (κ1) is 18.2. The highest BCUT2D eigenvalue weighted by atomic mass is 16.5. The van der Waals surface area contributed by atoms with Crippen LogP contribution in [0.4, 0.5) is 11.6 Å². The minimum Gasteiger partial charge on any atom is -0.493 e.